The van der Waals surface area contributed by atoms with E-state index in [1.807, 2.05) is 18.7 Å². The van der Waals surface area contributed by atoms with Gasteiger partial charge in [0.2, 0.25) is 0 Å². The van der Waals surface area contributed by atoms with Gasteiger partial charge in [0.1, 0.15) is 0 Å². The van der Waals surface area contributed by atoms with Gasteiger partial charge in [0.05, 0.1) is 15.9 Å². The van der Waals surface area contributed by atoms with Gasteiger partial charge in [-0.05, 0) is 49.2 Å². The molecule has 1 unspecified atom stereocenters. The summed E-state index contributed by atoms with van der Waals surface area (Å²) in [6.07, 6.45) is 4.04. The molecular weight excluding hydrogens is 266 g/mol. The maximum Gasteiger partial charge on any atom is 0.0739 e. The van der Waals surface area contributed by atoms with Crippen molar-refractivity contribution in [3.8, 4) is 0 Å². The predicted octanol–water partition coefficient (Wildman–Crippen LogP) is 2.87. The van der Waals surface area contributed by atoms with Crippen molar-refractivity contribution in [2.24, 2.45) is 7.05 Å². The van der Waals surface area contributed by atoms with Crippen LogP contribution in [-0.4, -0.2) is 27.3 Å². The Morgan fingerprint density at radius 2 is 2.19 bits per heavy atom. The van der Waals surface area contributed by atoms with Crippen molar-refractivity contribution in [2.45, 2.75) is 45.7 Å². The Labute approximate surface area is 106 Å². The fourth-order valence-electron chi connectivity index (χ4n) is 2.44. The summed E-state index contributed by atoms with van der Waals surface area (Å²) < 4.78 is 3.17. The minimum atomic E-state index is 0.704. The number of rotatable bonds is 2. The highest BCUT2D eigenvalue weighted by Gasteiger charge is 2.21. The number of likely N-dealkylation sites (tertiary alicyclic amines) is 1. The lowest BCUT2D eigenvalue weighted by molar-refractivity contribution is 0.148. The fraction of sp³-hybridized carbons (Fsp3) is 0.750. The van der Waals surface area contributed by atoms with Crippen molar-refractivity contribution in [1.29, 1.82) is 0 Å². The summed E-state index contributed by atoms with van der Waals surface area (Å²) in [5.41, 5.74) is 2.38. The van der Waals surface area contributed by atoms with Crippen molar-refractivity contribution < 1.29 is 0 Å². The second-order valence-corrected chi connectivity index (χ2v) is 5.58. The van der Waals surface area contributed by atoms with Crippen molar-refractivity contribution in [2.75, 3.05) is 6.54 Å². The average Bonchev–Trinajstić information content (AvgIpc) is 2.48. The molecule has 1 fully saturated rings. The van der Waals surface area contributed by atoms with Crippen LogP contribution in [0, 0.1) is 6.92 Å². The molecule has 0 saturated carbocycles. The molecule has 2 rings (SSSR count). The van der Waals surface area contributed by atoms with E-state index in [-0.39, 0.29) is 0 Å². The zero-order valence-corrected chi connectivity index (χ0v) is 11.9. The number of halogens is 1. The number of piperidine rings is 1. The first-order valence-corrected chi connectivity index (χ1v) is 6.81. The van der Waals surface area contributed by atoms with Crippen molar-refractivity contribution >= 4 is 15.9 Å². The predicted molar refractivity (Wildman–Crippen MR) is 69.4 cm³/mol. The van der Waals surface area contributed by atoms with Gasteiger partial charge in [0, 0.05) is 19.6 Å². The third kappa shape index (κ3) is 2.33. The van der Waals surface area contributed by atoms with E-state index in [1.165, 1.54) is 36.0 Å². The molecule has 1 aromatic heterocycles. The zero-order chi connectivity index (χ0) is 11.7. The molecule has 1 aliphatic heterocycles. The minimum Gasteiger partial charge on any atom is -0.295 e. The van der Waals surface area contributed by atoms with Crippen LogP contribution in [0.1, 0.15) is 37.6 Å². The summed E-state index contributed by atoms with van der Waals surface area (Å²) in [4.78, 5) is 2.56. The van der Waals surface area contributed by atoms with Crippen LogP contribution in [0.4, 0.5) is 0 Å². The van der Waals surface area contributed by atoms with Gasteiger partial charge < -0.3 is 0 Å². The molecule has 2 heterocycles. The highest BCUT2D eigenvalue weighted by Crippen LogP contribution is 2.25. The second-order valence-electron chi connectivity index (χ2n) is 4.78. The van der Waals surface area contributed by atoms with Crippen LogP contribution < -0.4 is 0 Å². The zero-order valence-electron chi connectivity index (χ0n) is 10.3. The highest BCUT2D eigenvalue weighted by atomic mass is 79.9. The summed E-state index contributed by atoms with van der Waals surface area (Å²) in [5.74, 6) is 0. The van der Waals surface area contributed by atoms with E-state index >= 15 is 0 Å². The lowest BCUT2D eigenvalue weighted by atomic mass is 10.0. The van der Waals surface area contributed by atoms with E-state index in [0.29, 0.717) is 6.04 Å². The van der Waals surface area contributed by atoms with Gasteiger partial charge in [-0.2, -0.15) is 5.10 Å². The summed E-state index contributed by atoms with van der Waals surface area (Å²) in [7, 11) is 2.03. The molecule has 1 aliphatic rings. The van der Waals surface area contributed by atoms with E-state index < -0.39 is 0 Å². The Morgan fingerprint density at radius 3 is 2.75 bits per heavy atom. The van der Waals surface area contributed by atoms with E-state index in [0.717, 1.165) is 12.2 Å². The monoisotopic (exact) mass is 285 g/mol. The molecule has 0 bridgehead atoms. The van der Waals surface area contributed by atoms with Crippen LogP contribution >= 0.6 is 15.9 Å². The maximum atomic E-state index is 4.44. The third-order valence-electron chi connectivity index (χ3n) is 3.56. The summed E-state index contributed by atoms with van der Waals surface area (Å²) >= 11 is 3.64. The first-order valence-electron chi connectivity index (χ1n) is 6.01. The molecule has 1 saturated heterocycles. The van der Waals surface area contributed by atoms with Crippen molar-refractivity contribution in [1.82, 2.24) is 14.7 Å². The smallest absolute Gasteiger partial charge is 0.0739 e. The van der Waals surface area contributed by atoms with Crippen LogP contribution in [0.2, 0.25) is 0 Å². The number of aromatic nitrogens is 2. The number of aryl methyl sites for hydroxylation is 2. The fourth-order valence-corrected chi connectivity index (χ4v) is 2.90. The highest BCUT2D eigenvalue weighted by molar-refractivity contribution is 9.10. The average molecular weight is 286 g/mol. The van der Waals surface area contributed by atoms with Crippen LogP contribution in [-0.2, 0) is 13.6 Å². The Balaban J connectivity index is 2.13. The molecule has 0 N–H and O–H groups in total. The largest absolute Gasteiger partial charge is 0.295 e. The van der Waals surface area contributed by atoms with Crippen molar-refractivity contribution in [3.63, 3.8) is 0 Å². The number of hydrogen-bond donors (Lipinski definition) is 0. The number of nitrogens with zero attached hydrogens (tertiary/aromatic N) is 3. The maximum absolute atomic E-state index is 4.44. The first-order chi connectivity index (χ1) is 7.59. The lowest BCUT2D eigenvalue weighted by Crippen LogP contribution is -2.37. The molecule has 4 heteroatoms. The Morgan fingerprint density at radius 1 is 1.44 bits per heavy atom. The van der Waals surface area contributed by atoms with E-state index in [1.54, 1.807) is 0 Å². The van der Waals surface area contributed by atoms with Gasteiger partial charge in [0.15, 0.2) is 0 Å². The molecule has 0 spiro atoms. The molecule has 1 aromatic rings. The standard InChI is InChI=1S/C12H20BrN3/c1-9-6-4-5-7-16(9)8-11-12(13)10(2)14-15(11)3/h9H,4-8H2,1-3H3. The molecule has 0 aliphatic carbocycles. The van der Waals surface area contributed by atoms with Gasteiger partial charge in [-0.25, -0.2) is 0 Å². The van der Waals surface area contributed by atoms with Crippen LogP contribution in [0.3, 0.4) is 0 Å². The second kappa shape index (κ2) is 4.88. The van der Waals surface area contributed by atoms with E-state index in [2.05, 4.69) is 32.9 Å². The van der Waals surface area contributed by atoms with Crippen LogP contribution in [0.5, 0.6) is 0 Å². The molecule has 90 valence electrons. The Kier molecular flexibility index (Phi) is 3.70. The molecule has 0 amide bonds. The van der Waals surface area contributed by atoms with Crippen LogP contribution in [0.25, 0.3) is 0 Å². The van der Waals surface area contributed by atoms with Gasteiger partial charge in [-0.15, -0.1) is 0 Å². The van der Waals surface area contributed by atoms with Gasteiger partial charge in [-0.1, -0.05) is 6.42 Å². The lowest BCUT2D eigenvalue weighted by Gasteiger charge is -2.33. The summed E-state index contributed by atoms with van der Waals surface area (Å²) in [6.45, 7) is 6.61. The normalized spacial score (nSPS) is 22.6. The molecule has 0 aromatic carbocycles. The molecule has 0 radical (unpaired) electrons. The summed E-state index contributed by atoms with van der Waals surface area (Å²) in [6, 6.07) is 0.704. The number of hydrogen-bond acceptors (Lipinski definition) is 2. The molecular formula is C12H20BrN3. The van der Waals surface area contributed by atoms with Gasteiger partial charge in [0.25, 0.3) is 0 Å². The quantitative estimate of drug-likeness (QED) is 0.833. The third-order valence-corrected chi connectivity index (χ3v) is 4.59. The van der Waals surface area contributed by atoms with Gasteiger partial charge >= 0.3 is 0 Å². The Bertz CT molecular complexity index is 373. The molecule has 3 nitrogen and oxygen atoms in total. The molecule has 1 atom stereocenters. The topological polar surface area (TPSA) is 21.1 Å². The van der Waals surface area contributed by atoms with Crippen LogP contribution in [0.15, 0.2) is 4.47 Å². The first kappa shape index (κ1) is 12.1. The minimum absolute atomic E-state index is 0.704. The van der Waals surface area contributed by atoms with E-state index in [9.17, 15) is 0 Å². The van der Waals surface area contributed by atoms with E-state index in [4.69, 9.17) is 0 Å². The van der Waals surface area contributed by atoms with Crippen molar-refractivity contribution in [3.05, 3.63) is 15.9 Å². The molecule has 16 heavy (non-hydrogen) atoms. The summed E-state index contributed by atoms with van der Waals surface area (Å²) in [5, 5.41) is 4.44. The Hall–Kier alpha value is -0.350. The SMILES string of the molecule is Cc1nn(C)c(CN2CCCCC2C)c1Br. The van der Waals surface area contributed by atoms with Gasteiger partial charge in [-0.3, -0.25) is 9.58 Å².